The molecule has 0 amide bonds. The summed E-state index contributed by atoms with van der Waals surface area (Å²) in [5, 5.41) is 3.51. The molecule has 2 aromatic rings. The van der Waals surface area contributed by atoms with E-state index in [4.69, 9.17) is 9.47 Å². The van der Waals surface area contributed by atoms with Crippen molar-refractivity contribution in [3.05, 3.63) is 53.6 Å². The molecule has 0 bridgehead atoms. The highest BCUT2D eigenvalue weighted by Gasteiger charge is 2.32. The average Bonchev–Trinajstić information content (AvgIpc) is 2.93. The van der Waals surface area contributed by atoms with E-state index in [2.05, 4.69) is 34.5 Å². The van der Waals surface area contributed by atoms with Crippen LogP contribution in [0.15, 0.2) is 42.5 Å². The lowest BCUT2D eigenvalue weighted by Gasteiger charge is -2.27. The maximum atomic E-state index is 11.6. The first-order valence-corrected chi connectivity index (χ1v) is 9.75. The standard InChI is InChI=1S/C23H26N2O3/c1-27-19-7-8-20(16(15-19)6-9-22(26)28-2)21-5-3-4-17-14-18-10-11-24-12-13-25(18)23(17)21/h3-9,15,18,24H,10-14H2,1-2H3/b9-6-. The monoisotopic (exact) mass is 378 g/mol. The highest BCUT2D eigenvalue weighted by atomic mass is 16.5. The van der Waals surface area contributed by atoms with E-state index < -0.39 is 0 Å². The number of hydrogen-bond donors (Lipinski definition) is 1. The fourth-order valence-electron chi connectivity index (χ4n) is 4.28. The summed E-state index contributed by atoms with van der Waals surface area (Å²) >= 11 is 0. The number of carbonyl (C=O) groups is 1. The van der Waals surface area contributed by atoms with E-state index >= 15 is 0 Å². The number of carbonyl (C=O) groups excluding carboxylic acids is 1. The number of methoxy groups -OCH3 is 2. The first kappa shape index (κ1) is 18.6. The minimum absolute atomic E-state index is 0.370. The van der Waals surface area contributed by atoms with Crippen LogP contribution in [0.4, 0.5) is 5.69 Å². The predicted molar refractivity (Wildman–Crippen MR) is 112 cm³/mol. The molecule has 0 saturated carbocycles. The molecule has 2 aliphatic rings. The van der Waals surface area contributed by atoms with Crippen LogP contribution < -0.4 is 15.0 Å². The lowest BCUT2D eigenvalue weighted by Crippen LogP contribution is -2.33. The second-order valence-corrected chi connectivity index (χ2v) is 7.21. The molecule has 1 fully saturated rings. The zero-order chi connectivity index (χ0) is 19.5. The van der Waals surface area contributed by atoms with E-state index in [0.29, 0.717) is 6.04 Å². The molecule has 1 atom stereocenters. The van der Waals surface area contributed by atoms with E-state index in [9.17, 15) is 4.79 Å². The van der Waals surface area contributed by atoms with Gasteiger partial charge >= 0.3 is 5.97 Å². The van der Waals surface area contributed by atoms with Crippen molar-refractivity contribution in [2.45, 2.75) is 18.9 Å². The molecule has 5 nitrogen and oxygen atoms in total. The maximum absolute atomic E-state index is 11.6. The Kier molecular flexibility index (Phi) is 5.35. The smallest absolute Gasteiger partial charge is 0.330 e. The van der Waals surface area contributed by atoms with Crippen molar-refractivity contribution in [1.82, 2.24) is 5.32 Å². The molecule has 2 aromatic carbocycles. The van der Waals surface area contributed by atoms with E-state index in [1.54, 1.807) is 13.2 Å². The lowest BCUT2D eigenvalue weighted by molar-refractivity contribution is -0.134. The number of rotatable bonds is 4. The van der Waals surface area contributed by atoms with Crippen molar-refractivity contribution in [2.24, 2.45) is 0 Å². The number of ether oxygens (including phenoxy) is 2. The van der Waals surface area contributed by atoms with Gasteiger partial charge in [0.25, 0.3) is 0 Å². The van der Waals surface area contributed by atoms with Crippen LogP contribution >= 0.6 is 0 Å². The number of anilines is 1. The molecule has 1 N–H and O–H groups in total. The Bertz CT molecular complexity index is 907. The molecule has 2 heterocycles. The van der Waals surface area contributed by atoms with Crippen molar-refractivity contribution in [2.75, 3.05) is 38.8 Å². The third-order valence-electron chi connectivity index (χ3n) is 5.64. The van der Waals surface area contributed by atoms with Gasteiger partial charge in [-0.05, 0) is 54.3 Å². The molecule has 0 radical (unpaired) electrons. The maximum Gasteiger partial charge on any atom is 0.330 e. The number of hydrogen-bond acceptors (Lipinski definition) is 5. The Morgan fingerprint density at radius 3 is 2.89 bits per heavy atom. The van der Waals surface area contributed by atoms with Gasteiger partial charge in [0.05, 0.1) is 14.2 Å². The topological polar surface area (TPSA) is 50.8 Å². The number of para-hydroxylation sites is 1. The van der Waals surface area contributed by atoms with Crippen LogP contribution in [0.3, 0.4) is 0 Å². The first-order valence-electron chi connectivity index (χ1n) is 9.75. The predicted octanol–water partition coefficient (Wildman–Crippen LogP) is 3.27. The third-order valence-corrected chi connectivity index (χ3v) is 5.64. The van der Waals surface area contributed by atoms with Gasteiger partial charge in [-0.15, -0.1) is 0 Å². The van der Waals surface area contributed by atoms with Gasteiger partial charge in [-0.2, -0.15) is 0 Å². The van der Waals surface area contributed by atoms with Gasteiger partial charge in [-0.3, -0.25) is 0 Å². The van der Waals surface area contributed by atoms with Crippen molar-refractivity contribution in [3.8, 4) is 16.9 Å². The Hall–Kier alpha value is -2.79. The van der Waals surface area contributed by atoms with Gasteiger partial charge < -0.3 is 19.7 Å². The summed E-state index contributed by atoms with van der Waals surface area (Å²) in [5.74, 6) is 0.392. The summed E-state index contributed by atoms with van der Waals surface area (Å²) in [4.78, 5) is 14.2. The second-order valence-electron chi connectivity index (χ2n) is 7.21. The number of nitrogens with zero attached hydrogens (tertiary/aromatic N) is 1. The summed E-state index contributed by atoms with van der Waals surface area (Å²) in [6.07, 6.45) is 5.51. The molecular weight excluding hydrogens is 352 g/mol. The van der Waals surface area contributed by atoms with E-state index in [-0.39, 0.29) is 5.97 Å². The lowest BCUT2D eigenvalue weighted by atomic mass is 9.95. The Balaban J connectivity index is 1.81. The van der Waals surface area contributed by atoms with Crippen LogP contribution in [0, 0.1) is 0 Å². The molecule has 5 heteroatoms. The van der Waals surface area contributed by atoms with Crippen LogP contribution in [-0.4, -0.2) is 45.9 Å². The van der Waals surface area contributed by atoms with E-state index in [1.165, 1.54) is 30.0 Å². The summed E-state index contributed by atoms with van der Waals surface area (Å²) in [5.41, 5.74) is 5.97. The van der Waals surface area contributed by atoms with Gasteiger partial charge in [0, 0.05) is 36.5 Å². The van der Waals surface area contributed by atoms with Crippen molar-refractivity contribution in [3.63, 3.8) is 0 Å². The largest absolute Gasteiger partial charge is 0.497 e. The quantitative estimate of drug-likeness (QED) is 0.654. The molecule has 2 aliphatic heterocycles. The summed E-state index contributed by atoms with van der Waals surface area (Å²) in [6.45, 7) is 3.08. The van der Waals surface area contributed by atoms with E-state index in [1.807, 2.05) is 12.1 Å². The third kappa shape index (κ3) is 3.50. The van der Waals surface area contributed by atoms with Gasteiger partial charge in [0.1, 0.15) is 5.75 Å². The van der Waals surface area contributed by atoms with Gasteiger partial charge in [-0.1, -0.05) is 24.3 Å². The second kappa shape index (κ2) is 8.07. The van der Waals surface area contributed by atoms with Crippen molar-refractivity contribution < 1.29 is 14.3 Å². The Morgan fingerprint density at radius 1 is 1.18 bits per heavy atom. The zero-order valence-electron chi connectivity index (χ0n) is 16.4. The number of fused-ring (bicyclic) bond motifs is 3. The van der Waals surface area contributed by atoms with Crippen LogP contribution in [0.5, 0.6) is 5.75 Å². The van der Waals surface area contributed by atoms with Crippen LogP contribution in [0.1, 0.15) is 17.5 Å². The van der Waals surface area contributed by atoms with Crippen molar-refractivity contribution in [1.29, 1.82) is 0 Å². The fourth-order valence-corrected chi connectivity index (χ4v) is 4.28. The van der Waals surface area contributed by atoms with Crippen LogP contribution in [0.25, 0.3) is 17.2 Å². The Morgan fingerprint density at radius 2 is 2.07 bits per heavy atom. The number of benzene rings is 2. The molecule has 1 unspecified atom stereocenters. The molecule has 146 valence electrons. The van der Waals surface area contributed by atoms with Gasteiger partial charge in [0.2, 0.25) is 0 Å². The Labute approximate surface area is 165 Å². The molecule has 28 heavy (non-hydrogen) atoms. The molecule has 4 rings (SSSR count). The van der Waals surface area contributed by atoms with Crippen LogP contribution in [0.2, 0.25) is 0 Å². The minimum Gasteiger partial charge on any atom is -0.497 e. The molecular formula is C23H26N2O3. The summed E-state index contributed by atoms with van der Waals surface area (Å²) < 4.78 is 10.2. The average molecular weight is 378 g/mol. The fraction of sp³-hybridized carbons (Fsp3) is 0.348. The molecule has 0 spiro atoms. The summed E-state index contributed by atoms with van der Waals surface area (Å²) in [7, 11) is 3.04. The molecule has 0 aromatic heterocycles. The first-order chi connectivity index (χ1) is 13.7. The normalized spacial score (nSPS) is 18.5. The minimum atomic E-state index is -0.370. The number of esters is 1. The van der Waals surface area contributed by atoms with Crippen LogP contribution in [-0.2, 0) is 16.0 Å². The van der Waals surface area contributed by atoms with Gasteiger partial charge in [0.15, 0.2) is 0 Å². The van der Waals surface area contributed by atoms with Gasteiger partial charge in [-0.25, -0.2) is 4.79 Å². The number of nitrogens with one attached hydrogen (secondary N) is 1. The highest BCUT2D eigenvalue weighted by molar-refractivity contribution is 5.92. The van der Waals surface area contributed by atoms with Crippen molar-refractivity contribution >= 4 is 17.7 Å². The highest BCUT2D eigenvalue weighted by Crippen LogP contribution is 2.43. The molecule has 1 saturated heterocycles. The zero-order valence-corrected chi connectivity index (χ0v) is 16.4. The van der Waals surface area contributed by atoms with E-state index in [0.717, 1.165) is 49.4 Å². The SMILES string of the molecule is COC(=O)/C=C\c1cc(OC)ccc1-c1cccc2c1N1CCNCCC1C2. The molecule has 0 aliphatic carbocycles. The summed E-state index contributed by atoms with van der Waals surface area (Å²) in [6, 6.07) is 13.1.